The summed E-state index contributed by atoms with van der Waals surface area (Å²) in [6, 6.07) is 0.347. The van der Waals surface area contributed by atoms with Crippen LogP contribution in [-0.2, 0) is 4.79 Å². The third-order valence-corrected chi connectivity index (χ3v) is 3.81. The highest BCUT2D eigenvalue weighted by Gasteiger charge is 2.29. The second-order valence-electron chi connectivity index (χ2n) is 3.93. The van der Waals surface area contributed by atoms with Gasteiger partial charge in [0.2, 0.25) is 5.91 Å². The molecule has 4 nitrogen and oxygen atoms in total. The van der Waals surface area contributed by atoms with Gasteiger partial charge in [-0.25, -0.2) is 0 Å². The van der Waals surface area contributed by atoms with E-state index in [0.717, 1.165) is 37.6 Å². The van der Waals surface area contributed by atoms with Crippen molar-refractivity contribution < 1.29 is 4.79 Å². The third kappa shape index (κ3) is 2.21. The zero-order valence-electron chi connectivity index (χ0n) is 8.24. The molecule has 0 aromatic carbocycles. The number of hydrogen-bond donors (Lipinski definition) is 2. The number of piperidine rings is 1. The molecule has 1 atom stereocenters. The first-order chi connectivity index (χ1) is 6.77. The molecule has 0 radical (unpaired) electrons. The van der Waals surface area contributed by atoms with Crippen LogP contribution in [0, 0.1) is 0 Å². The number of rotatable bonds is 1. The number of hydrogen-bond acceptors (Lipinski definition) is 4. The van der Waals surface area contributed by atoms with E-state index in [4.69, 9.17) is 5.73 Å². The van der Waals surface area contributed by atoms with Crippen molar-refractivity contribution in [1.29, 1.82) is 0 Å². The zero-order chi connectivity index (χ0) is 9.97. The van der Waals surface area contributed by atoms with Gasteiger partial charge in [0, 0.05) is 30.8 Å². The number of carbonyl (C=O) groups is 1. The summed E-state index contributed by atoms with van der Waals surface area (Å²) in [6.07, 6.45) is 1.90. The van der Waals surface area contributed by atoms with Crippen molar-refractivity contribution in [3.63, 3.8) is 0 Å². The highest BCUT2D eigenvalue weighted by atomic mass is 32.2. The monoisotopic (exact) mass is 215 g/mol. The second kappa shape index (κ2) is 4.51. The van der Waals surface area contributed by atoms with Crippen LogP contribution in [-0.4, -0.2) is 47.6 Å². The Labute approximate surface area is 88.6 Å². The van der Waals surface area contributed by atoms with E-state index in [-0.39, 0.29) is 11.9 Å². The maximum absolute atomic E-state index is 11.9. The molecule has 0 aromatic rings. The van der Waals surface area contributed by atoms with E-state index in [9.17, 15) is 4.79 Å². The van der Waals surface area contributed by atoms with Gasteiger partial charge < -0.3 is 10.6 Å². The number of thioether (sulfide) groups is 1. The summed E-state index contributed by atoms with van der Waals surface area (Å²) in [5.41, 5.74) is 5.79. The van der Waals surface area contributed by atoms with Crippen molar-refractivity contribution in [3.05, 3.63) is 0 Å². The molecule has 2 saturated heterocycles. The van der Waals surface area contributed by atoms with Gasteiger partial charge in [-0.15, -0.1) is 11.8 Å². The Balaban J connectivity index is 1.85. The number of nitrogens with one attached hydrogen (secondary N) is 1. The van der Waals surface area contributed by atoms with E-state index in [1.807, 2.05) is 4.90 Å². The normalized spacial score (nSPS) is 29.5. The van der Waals surface area contributed by atoms with Gasteiger partial charge in [-0.1, -0.05) is 0 Å². The van der Waals surface area contributed by atoms with Crippen LogP contribution in [0.3, 0.4) is 0 Å². The molecular formula is C9H17N3OS. The molecule has 14 heavy (non-hydrogen) atoms. The Hall–Kier alpha value is -0.260. The van der Waals surface area contributed by atoms with E-state index >= 15 is 0 Å². The number of likely N-dealkylation sites (tertiary alicyclic amines) is 1. The van der Waals surface area contributed by atoms with Crippen LogP contribution in [0.15, 0.2) is 0 Å². The SMILES string of the molecule is NC1CCN(C(=O)[C@H]2CSCN2)CC1. The molecule has 0 aromatic heterocycles. The van der Waals surface area contributed by atoms with Crippen LogP contribution in [0.2, 0.25) is 0 Å². The minimum absolute atomic E-state index is 0.0503. The highest BCUT2D eigenvalue weighted by Crippen LogP contribution is 2.15. The fraction of sp³-hybridized carbons (Fsp3) is 0.889. The topological polar surface area (TPSA) is 58.4 Å². The maximum atomic E-state index is 11.9. The Morgan fingerprint density at radius 1 is 1.43 bits per heavy atom. The number of nitrogens with zero attached hydrogens (tertiary/aromatic N) is 1. The molecule has 3 N–H and O–H groups in total. The highest BCUT2D eigenvalue weighted by molar-refractivity contribution is 7.99. The van der Waals surface area contributed by atoms with Gasteiger partial charge in [0.25, 0.3) is 0 Å². The van der Waals surface area contributed by atoms with E-state index in [2.05, 4.69) is 5.32 Å². The molecular weight excluding hydrogens is 198 g/mol. The Kier molecular flexibility index (Phi) is 3.30. The molecule has 2 rings (SSSR count). The summed E-state index contributed by atoms with van der Waals surface area (Å²) in [6.45, 7) is 1.67. The summed E-state index contributed by atoms with van der Waals surface area (Å²) >= 11 is 1.79. The van der Waals surface area contributed by atoms with E-state index in [1.54, 1.807) is 11.8 Å². The average molecular weight is 215 g/mol. The van der Waals surface area contributed by atoms with Crippen molar-refractivity contribution in [2.24, 2.45) is 5.73 Å². The van der Waals surface area contributed by atoms with Gasteiger partial charge in [0.15, 0.2) is 0 Å². The van der Waals surface area contributed by atoms with Crippen molar-refractivity contribution >= 4 is 17.7 Å². The van der Waals surface area contributed by atoms with Crippen LogP contribution in [0.25, 0.3) is 0 Å². The third-order valence-electron chi connectivity index (χ3n) is 2.87. The minimum Gasteiger partial charge on any atom is -0.341 e. The standard InChI is InChI=1S/C9H17N3OS/c10-7-1-3-12(4-2-7)9(13)8-5-14-6-11-8/h7-8,11H,1-6,10H2/t8-/m1/s1. The predicted octanol–water partition coefficient (Wildman–Crippen LogP) is -0.401. The van der Waals surface area contributed by atoms with Crippen molar-refractivity contribution in [3.8, 4) is 0 Å². The van der Waals surface area contributed by atoms with Crippen molar-refractivity contribution in [1.82, 2.24) is 10.2 Å². The van der Waals surface area contributed by atoms with E-state index in [1.165, 1.54) is 0 Å². The van der Waals surface area contributed by atoms with Crippen molar-refractivity contribution in [2.75, 3.05) is 24.7 Å². The fourth-order valence-corrected chi connectivity index (χ4v) is 2.83. The minimum atomic E-state index is 0.0503. The Morgan fingerprint density at radius 2 is 2.14 bits per heavy atom. The average Bonchev–Trinajstić information content (AvgIpc) is 2.71. The summed E-state index contributed by atoms with van der Waals surface area (Å²) in [5, 5.41) is 3.21. The van der Waals surface area contributed by atoms with Crippen LogP contribution < -0.4 is 11.1 Å². The zero-order valence-corrected chi connectivity index (χ0v) is 9.05. The van der Waals surface area contributed by atoms with Gasteiger partial charge in [-0.2, -0.15) is 0 Å². The molecule has 2 fully saturated rings. The van der Waals surface area contributed by atoms with Gasteiger partial charge >= 0.3 is 0 Å². The first-order valence-corrected chi connectivity index (χ1v) is 6.28. The largest absolute Gasteiger partial charge is 0.341 e. The lowest BCUT2D eigenvalue weighted by Crippen LogP contribution is -2.49. The van der Waals surface area contributed by atoms with Gasteiger partial charge in [0.1, 0.15) is 0 Å². The first kappa shape index (κ1) is 10.3. The van der Waals surface area contributed by atoms with E-state index < -0.39 is 0 Å². The maximum Gasteiger partial charge on any atom is 0.240 e. The molecule has 0 unspecified atom stereocenters. The Morgan fingerprint density at radius 3 is 2.71 bits per heavy atom. The summed E-state index contributed by atoms with van der Waals surface area (Å²) < 4.78 is 0. The smallest absolute Gasteiger partial charge is 0.240 e. The van der Waals surface area contributed by atoms with Crippen LogP contribution in [0.1, 0.15) is 12.8 Å². The molecule has 2 aliphatic rings. The molecule has 2 heterocycles. The number of nitrogens with two attached hydrogens (primary N) is 1. The lowest BCUT2D eigenvalue weighted by Gasteiger charge is -2.31. The predicted molar refractivity (Wildman–Crippen MR) is 58.0 cm³/mol. The quantitative estimate of drug-likeness (QED) is 0.625. The number of carbonyl (C=O) groups excluding carboxylic acids is 1. The molecule has 2 aliphatic heterocycles. The lowest BCUT2D eigenvalue weighted by molar-refractivity contribution is -0.133. The molecule has 80 valence electrons. The van der Waals surface area contributed by atoms with Crippen LogP contribution in [0.5, 0.6) is 0 Å². The molecule has 0 spiro atoms. The lowest BCUT2D eigenvalue weighted by atomic mass is 10.1. The van der Waals surface area contributed by atoms with E-state index in [0.29, 0.717) is 6.04 Å². The molecule has 1 amide bonds. The van der Waals surface area contributed by atoms with Crippen LogP contribution >= 0.6 is 11.8 Å². The first-order valence-electron chi connectivity index (χ1n) is 5.13. The van der Waals surface area contributed by atoms with Gasteiger partial charge in [-0.3, -0.25) is 10.1 Å². The fourth-order valence-electron chi connectivity index (χ4n) is 1.89. The Bertz CT molecular complexity index is 210. The molecule has 0 saturated carbocycles. The summed E-state index contributed by atoms with van der Waals surface area (Å²) in [7, 11) is 0. The molecule has 0 bridgehead atoms. The van der Waals surface area contributed by atoms with Gasteiger partial charge in [0.05, 0.1) is 6.04 Å². The summed E-state index contributed by atoms with van der Waals surface area (Å²) in [4.78, 5) is 13.9. The van der Waals surface area contributed by atoms with Crippen molar-refractivity contribution in [2.45, 2.75) is 24.9 Å². The second-order valence-corrected chi connectivity index (χ2v) is 4.96. The molecule has 5 heteroatoms. The molecule has 0 aliphatic carbocycles. The van der Waals surface area contributed by atoms with Gasteiger partial charge in [-0.05, 0) is 12.8 Å². The summed E-state index contributed by atoms with van der Waals surface area (Å²) in [5.74, 6) is 2.09. The number of amides is 1. The van der Waals surface area contributed by atoms with Crippen LogP contribution in [0.4, 0.5) is 0 Å².